The molecule has 0 unspecified atom stereocenters. The molecule has 0 radical (unpaired) electrons. The van der Waals surface area contributed by atoms with Gasteiger partial charge in [-0.3, -0.25) is 9.59 Å². The molecule has 1 aliphatic rings. The van der Waals surface area contributed by atoms with Gasteiger partial charge < -0.3 is 20.1 Å². The molecular weight excluding hydrogens is 344 g/mol. The fraction of sp³-hybridized carbons (Fsp3) is 0.619. The van der Waals surface area contributed by atoms with E-state index in [1.807, 2.05) is 45.0 Å². The standard InChI is InChI=1S/C21H32N2O4/c1-15(2)13-27-14-19(24)11-22-20(25)18-5-4-10-23(12-18)21(26)17-8-6-16(3)7-9-17/h6-9,15,18-19,24H,4-5,10-14H2,1-3H3,(H,22,25)/t18-,19-/m1/s1. The van der Waals surface area contributed by atoms with Crippen molar-refractivity contribution in [2.45, 2.75) is 39.7 Å². The van der Waals surface area contributed by atoms with Crippen molar-refractivity contribution in [3.8, 4) is 0 Å². The van der Waals surface area contributed by atoms with Gasteiger partial charge >= 0.3 is 0 Å². The number of piperidine rings is 1. The van der Waals surface area contributed by atoms with Crippen molar-refractivity contribution < 1.29 is 19.4 Å². The third-order valence-electron chi connectivity index (χ3n) is 4.65. The van der Waals surface area contributed by atoms with E-state index in [9.17, 15) is 14.7 Å². The summed E-state index contributed by atoms with van der Waals surface area (Å²) in [7, 11) is 0. The number of hydrogen-bond donors (Lipinski definition) is 2. The van der Waals surface area contributed by atoms with E-state index in [0.717, 1.165) is 18.4 Å². The van der Waals surface area contributed by atoms with Gasteiger partial charge in [-0.05, 0) is 37.8 Å². The van der Waals surface area contributed by atoms with Crippen LogP contribution in [0.3, 0.4) is 0 Å². The predicted octanol–water partition coefficient (Wildman–Crippen LogP) is 2.00. The van der Waals surface area contributed by atoms with Gasteiger partial charge in [0, 0.05) is 31.8 Å². The summed E-state index contributed by atoms with van der Waals surface area (Å²) in [6.07, 6.45) is 0.834. The van der Waals surface area contributed by atoms with Crippen LogP contribution in [-0.2, 0) is 9.53 Å². The lowest BCUT2D eigenvalue weighted by atomic mass is 9.96. The first-order valence-electron chi connectivity index (χ1n) is 9.76. The number of nitrogens with one attached hydrogen (secondary N) is 1. The Morgan fingerprint density at radius 3 is 2.63 bits per heavy atom. The number of nitrogens with zero attached hydrogens (tertiary/aromatic N) is 1. The Kier molecular flexibility index (Phi) is 8.25. The van der Waals surface area contributed by atoms with Gasteiger partial charge in [0.15, 0.2) is 0 Å². The zero-order chi connectivity index (χ0) is 19.8. The zero-order valence-corrected chi connectivity index (χ0v) is 16.6. The molecule has 0 bridgehead atoms. The molecule has 6 nitrogen and oxygen atoms in total. The number of ether oxygens (including phenoxy) is 1. The average Bonchev–Trinajstić information content (AvgIpc) is 2.66. The highest BCUT2D eigenvalue weighted by atomic mass is 16.5. The lowest BCUT2D eigenvalue weighted by Gasteiger charge is -2.32. The summed E-state index contributed by atoms with van der Waals surface area (Å²) in [6.45, 7) is 8.12. The molecule has 1 heterocycles. The Hall–Kier alpha value is -1.92. The van der Waals surface area contributed by atoms with Gasteiger partial charge in [-0.15, -0.1) is 0 Å². The number of aliphatic hydroxyl groups is 1. The number of benzene rings is 1. The Bertz CT molecular complexity index is 615. The van der Waals surface area contributed by atoms with Crippen LogP contribution in [0.5, 0.6) is 0 Å². The summed E-state index contributed by atoms with van der Waals surface area (Å²) in [5, 5.41) is 12.7. The van der Waals surface area contributed by atoms with E-state index >= 15 is 0 Å². The first kappa shape index (κ1) is 21.4. The van der Waals surface area contributed by atoms with E-state index in [4.69, 9.17) is 4.74 Å². The summed E-state index contributed by atoms with van der Waals surface area (Å²) in [4.78, 5) is 26.8. The second-order valence-electron chi connectivity index (χ2n) is 7.79. The van der Waals surface area contributed by atoms with Gasteiger partial charge in [0.1, 0.15) is 0 Å². The van der Waals surface area contributed by atoms with Crippen LogP contribution in [0.2, 0.25) is 0 Å². The maximum absolute atomic E-state index is 12.7. The van der Waals surface area contributed by atoms with E-state index in [0.29, 0.717) is 31.2 Å². The van der Waals surface area contributed by atoms with Gasteiger partial charge in [-0.1, -0.05) is 31.5 Å². The molecular formula is C21H32N2O4. The van der Waals surface area contributed by atoms with Gasteiger partial charge in [0.05, 0.1) is 18.6 Å². The van der Waals surface area contributed by atoms with Gasteiger partial charge in [-0.2, -0.15) is 0 Å². The molecule has 1 fully saturated rings. The van der Waals surface area contributed by atoms with E-state index in [1.165, 1.54) is 0 Å². The second-order valence-corrected chi connectivity index (χ2v) is 7.79. The quantitative estimate of drug-likeness (QED) is 0.727. The number of carbonyl (C=O) groups excluding carboxylic acids is 2. The lowest BCUT2D eigenvalue weighted by Crippen LogP contribution is -2.47. The van der Waals surface area contributed by atoms with Gasteiger partial charge in [-0.25, -0.2) is 0 Å². The van der Waals surface area contributed by atoms with Crippen LogP contribution in [-0.4, -0.2) is 60.8 Å². The molecule has 6 heteroatoms. The molecule has 0 spiro atoms. The van der Waals surface area contributed by atoms with E-state index in [2.05, 4.69) is 5.32 Å². The van der Waals surface area contributed by atoms with Crippen molar-refractivity contribution in [3.63, 3.8) is 0 Å². The maximum Gasteiger partial charge on any atom is 0.253 e. The van der Waals surface area contributed by atoms with Gasteiger partial charge in [0.25, 0.3) is 5.91 Å². The fourth-order valence-electron chi connectivity index (χ4n) is 3.12. The van der Waals surface area contributed by atoms with Crippen molar-refractivity contribution in [2.24, 2.45) is 11.8 Å². The summed E-state index contributed by atoms with van der Waals surface area (Å²) in [5.41, 5.74) is 1.76. The molecule has 2 N–H and O–H groups in total. The summed E-state index contributed by atoms with van der Waals surface area (Å²) < 4.78 is 5.39. The monoisotopic (exact) mass is 376 g/mol. The minimum Gasteiger partial charge on any atom is -0.389 e. The van der Waals surface area contributed by atoms with Crippen LogP contribution < -0.4 is 5.32 Å². The van der Waals surface area contributed by atoms with Crippen molar-refractivity contribution in [1.82, 2.24) is 10.2 Å². The molecule has 150 valence electrons. The minimum atomic E-state index is -0.721. The molecule has 1 saturated heterocycles. The minimum absolute atomic E-state index is 0.0328. The van der Waals surface area contributed by atoms with E-state index in [1.54, 1.807) is 4.90 Å². The summed E-state index contributed by atoms with van der Waals surface area (Å²) in [5.74, 6) is 0.0250. The Morgan fingerprint density at radius 2 is 1.96 bits per heavy atom. The maximum atomic E-state index is 12.7. The van der Waals surface area contributed by atoms with Crippen molar-refractivity contribution in [3.05, 3.63) is 35.4 Å². The van der Waals surface area contributed by atoms with E-state index < -0.39 is 6.10 Å². The van der Waals surface area contributed by atoms with Crippen LogP contribution in [0.1, 0.15) is 42.6 Å². The average molecular weight is 376 g/mol. The van der Waals surface area contributed by atoms with Crippen molar-refractivity contribution in [1.29, 1.82) is 0 Å². The zero-order valence-electron chi connectivity index (χ0n) is 16.6. The topological polar surface area (TPSA) is 78.9 Å². The molecule has 0 aromatic heterocycles. The van der Waals surface area contributed by atoms with Crippen LogP contribution in [0.15, 0.2) is 24.3 Å². The van der Waals surface area contributed by atoms with E-state index in [-0.39, 0.29) is 30.9 Å². The normalized spacial score (nSPS) is 18.4. The first-order valence-corrected chi connectivity index (χ1v) is 9.76. The number of likely N-dealkylation sites (tertiary alicyclic amines) is 1. The fourth-order valence-corrected chi connectivity index (χ4v) is 3.12. The Morgan fingerprint density at radius 1 is 1.26 bits per heavy atom. The molecule has 1 aromatic rings. The summed E-state index contributed by atoms with van der Waals surface area (Å²) in [6, 6.07) is 7.50. The van der Waals surface area contributed by atoms with Crippen molar-refractivity contribution in [2.75, 3.05) is 32.8 Å². The van der Waals surface area contributed by atoms with Crippen LogP contribution in [0.25, 0.3) is 0 Å². The predicted molar refractivity (Wildman–Crippen MR) is 104 cm³/mol. The van der Waals surface area contributed by atoms with Crippen molar-refractivity contribution >= 4 is 11.8 Å². The highest BCUT2D eigenvalue weighted by Gasteiger charge is 2.29. The third kappa shape index (κ3) is 6.96. The molecule has 0 saturated carbocycles. The van der Waals surface area contributed by atoms with Gasteiger partial charge in [0.2, 0.25) is 5.91 Å². The molecule has 2 amide bonds. The highest BCUT2D eigenvalue weighted by molar-refractivity contribution is 5.94. The molecule has 0 aliphatic carbocycles. The second kappa shape index (κ2) is 10.4. The number of aliphatic hydroxyl groups excluding tert-OH is 1. The lowest BCUT2D eigenvalue weighted by molar-refractivity contribution is -0.127. The molecule has 1 aliphatic heterocycles. The van der Waals surface area contributed by atoms with Crippen LogP contribution in [0, 0.1) is 18.8 Å². The SMILES string of the molecule is Cc1ccc(C(=O)N2CCC[C@@H](C(=O)NC[C@@H](O)COCC(C)C)C2)cc1. The molecule has 27 heavy (non-hydrogen) atoms. The third-order valence-corrected chi connectivity index (χ3v) is 4.65. The van der Waals surface area contributed by atoms with Crippen LogP contribution in [0.4, 0.5) is 0 Å². The number of amides is 2. The Labute approximate surface area is 161 Å². The smallest absolute Gasteiger partial charge is 0.253 e. The molecule has 2 atom stereocenters. The Balaban J connectivity index is 1.79. The summed E-state index contributed by atoms with van der Waals surface area (Å²) >= 11 is 0. The number of aryl methyl sites for hydroxylation is 1. The largest absolute Gasteiger partial charge is 0.389 e. The molecule has 2 rings (SSSR count). The number of rotatable bonds is 8. The number of hydrogen-bond acceptors (Lipinski definition) is 4. The number of carbonyl (C=O) groups is 2. The first-order chi connectivity index (χ1) is 12.9. The van der Waals surface area contributed by atoms with Crippen LogP contribution >= 0.6 is 0 Å². The highest BCUT2D eigenvalue weighted by Crippen LogP contribution is 2.19. The molecule has 1 aromatic carbocycles.